The van der Waals surface area contributed by atoms with E-state index in [1.54, 1.807) is 55.4 Å². The minimum Gasteiger partial charge on any atom is -0.493 e. The van der Waals surface area contributed by atoms with Crippen LogP contribution in [0.4, 0.5) is 5.69 Å². The summed E-state index contributed by atoms with van der Waals surface area (Å²) in [5, 5.41) is 2.72. The monoisotopic (exact) mass is 467 g/mol. The molecule has 3 rings (SSSR count). The van der Waals surface area contributed by atoms with E-state index in [-0.39, 0.29) is 41.5 Å². The Labute approximate surface area is 198 Å². The minimum atomic E-state index is -0.847. The van der Waals surface area contributed by atoms with Crippen LogP contribution in [0.5, 0.6) is 11.5 Å². The van der Waals surface area contributed by atoms with Crippen LogP contribution < -0.4 is 14.8 Å². The van der Waals surface area contributed by atoms with E-state index in [0.29, 0.717) is 23.7 Å². The van der Waals surface area contributed by atoms with Crippen molar-refractivity contribution >= 4 is 29.2 Å². The van der Waals surface area contributed by atoms with E-state index in [0.717, 1.165) is 4.90 Å². The average Bonchev–Trinajstić information content (AvgIpc) is 3.02. The summed E-state index contributed by atoms with van der Waals surface area (Å²) >= 11 is 0. The average molecular weight is 468 g/mol. The van der Waals surface area contributed by atoms with Gasteiger partial charge in [0.1, 0.15) is 5.78 Å². The van der Waals surface area contributed by atoms with Gasteiger partial charge in [-0.1, -0.05) is 12.1 Å². The van der Waals surface area contributed by atoms with Crippen LogP contribution >= 0.6 is 0 Å². The first-order chi connectivity index (χ1) is 16.2. The topological polar surface area (TPSA) is 105 Å². The smallest absolute Gasteiger partial charge is 0.264 e. The van der Waals surface area contributed by atoms with Crippen molar-refractivity contribution in [3.05, 3.63) is 53.1 Å². The maximum atomic E-state index is 13.5. The maximum Gasteiger partial charge on any atom is 0.264 e. The number of carbonyl (C=O) groups excluding carboxylic acids is 4. The number of hydrogen-bond acceptors (Lipinski definition) is 7. The Bertz CT molecular complexity index is 1130. The molecule has 9 nitrogen and oxygen atoms in total. The summed E-state index contributed by atoms with van der Waals surface area (Å²) in [6.07, 6.45) is -0.0638. The Morgan fingerprint density at radius 2 is 1.82 bits per heavy atom. The third-order valence-electron chi connectivity index (χ3n) is 5.35. The summed E-state index contributed by atoms with van der Waals surface area (Å²) in [5.41, 5.74) is 1.12. The first kappa shape index (κ1) is 24.9. The van der Waals surface area contributed by atoms with E-state index in [9.17, 15) is 19.2 Å². The number of nitrogens with zero attached hydrogens (tertiary/aromatic N) is 2. The van der Waals surface area contributed by atoms with Crippen molar-refractivity contribution in [1.29, 1.82) is 0 Å². The van der Waals surface area contributed by atoms with Gasteiger partial charge in [0.15, 0.2) is 11.5 Å². The lowest BCUT2D eigenvalue weighted by Gasteiger charge is -2.26. The number of Topliss-reactive ketones (excluding diaryl/α,β-unsaturated/α-hetero) is 1. The zero-order valence-corrected chi connectivity index (χ0v) is 20.0. The molecule has 1 atom stereocenters. The standard InChI is InChI=1S/C25H29N3O6/c1-6-34-21-13-16(10-11-20(21)33-5)19(12-15(2)29)28-24(31)17-8-7-9-18(23(17)25(28)32)26-22(30)14-27(3)4/h7-11,13,19H,6,12,14H2,1-5H3,(H,26,30). The highest BCUT2D eigenvalue weighted by molar-refractivity contribution is 6.24. The Kier molecular flexibility index (Phi) is 7.68. The normalized spacial score (nSPS) is 13.6. The molecule has 1 unspecified atom stereocenters. The Balaban J connectivity index is 2.03. The van der Waals surface area contributed by atoms with Gasteiger partial charge in [0.05, 0.1) is 43.1 Å². The van der Waals surface area contributed by atoms with Crippen LogP contribution in [0.15, 0.2) is 36.4 Å². The number of carbonyl (C=O) groups is 4. The highest BCUT2D eigenvalue weighted by Gasteiger charge is 2.42. The van der Waals surface area contributed by atoms with Crippen molar-refractivity contribution in [3.63, 3.8) is 0 Å². The van der Waals surface area contributed by atoms with E-state index in [4.69, 9.17) is 9.47 Å². The van der Waals surface area contributed by atoms with E-state index in [1.165, 1.54) is 14.0 Å². The Hall–Kier alpha value is -3.72. The van der Waals surface area contributed by atoms with Crippen molar-refractivity contribution in [2.75, 3.05) is 39.7 Å². The molecule has 1 heterocycles. The largest absolute Gasteiger partial charge is 0.493 e. The van der Waals surface area contributed by atoms with Crippen LogP contribution in [0.2, 0.25) is 0 Å². The van der Waals surface area contributed by atoms with Crippen LogP contribution in [0, 0.1) is 0 Å². The third-order valence-corrected chi connectivity index (χ3v) is 5.35. The summed E-state index contributed by atoms with van der Waals surface area (Å²) in [4.78, 5) is 54.2. The molecular weight excluding hydrogens is 438 g/mol. The van der Waals surface area contributed by atoms with Crippen LogP contribution in [0.25, 0.3) is 0 Å². The van der Waals surface area contributed by atoms with Crippen molar-refractivity contribution < 1.29 is 28.7 Å². The van der Waals surface area contributed by atoms with Gasteiger partial charge < -0.3 is 19.7 Å². The van der Waals surface area contributed by atoms with E-state index < -0.39 is 17.9 Å². The molecule has 2 aromatic carbocycles. The number of methoxy groups -OCH3 is 1. The molecular formula is C25H29N3O6. The minimum absolute atomic E-state index is 0.0638. The molecule has 0 bridgehead atoms. The van der Waals surface area contributed by atoms with Crippen molar-refractivity contribution in [2.45, 2.75) is 26.3 Å². The Morgan fingerprint density at radius 1 is 1.09 bits per heavy atom. The molecule has 0 aliphatic carbocycles. The van der Waals surface area contributed by atoms with Crippen LogP contribution in [0.3, 0.4) is 0 Å². The lowest BCUT2D eigenvalue weighted by Crippen LogP contribution is -2.35. The third kappa shape index (κ3) is 5.09. The van der Waals surface area contributed by atoms with Gasteiger partial charge in [-0.15, -0.1) is 0 Å². The van der Waals surface area contributed by atoms with Crippen LogP contribution in [-0.2, 0) is 9.59 Å². The van der Waals surface area contributed by atoms with E-state index in [2.05, 4.69) is 5.32 Å². The lowest BCUT2D eigenvalue weighted by molar-refractivity contribution is -0.118. The molecule has 3 amide bonds. The number of amides is 3. The van der Waals surface area contributed by atoms with Gasteiger partial charge in [-0.3, -0.25) is 24.1 Å². The van der Waals surface area contributed by atoms with Crippen LogP contribution in [-0.4, -0.2) is 67.7 Å². The molecule has 1 aliphatic heterocycles. The zero-order chi connectivity index (χ0) is 25.0. The quantitative estimate of drug-likeness (QED) is 0.536. The molecule has 9 heteroatoms. The molecule has 0 saturated heterocycles. The summed E-state index contributed by atoms with van der Waals surface area (Å²) < 4.78 is 11.0. The number of rotatable bonds is 10. The number of anilines is 1. The summed E-state index contributed by atoms with van der Waals surface area (Å²) in [6.45, 7) is 3.75. The molecule has 2 aromatic rings. The lowest BCUT2D eigenvalue weighted by atomic mass is 9.99. The van der Waals surface area contributed by atoms with Crippen molar-refractivity contribution in [3.8, 4) is 11.5 Å². The van der Waals surface area contributed by atoms with E-state index in [1.807, 2.05) is 6.92 Å². The fourth-order valence-electron chi connectivity index (χ4n) is 3.97. The highest BCUT2D eigenvalue weighted by atomic mass is 16.5. The summed E-state index contributed by atoms with van der Waals surface area (Å²) in [7, 11) is 5.02. The second kappa shape index (κ2) is 10.5. The number of ether oxygens (including phenoxy) is 2. The molecule has 180 valence electrons. The number of likely N-dealkylation sites (N-methyl/N-ethyl adjacent to an activating group) is 1. The van der Waals surface area contributed by atoms with Crippen molar-refractivity contribution in [2.24, 2.45) is 0 Å². The van der Waals surface area contributed by atoms with Gasteiger partial charge in [0.25, 0.3) is 11.8 Å². The number of hydrogen-bond donors (Lipinski definition) is 1. The van der Waals surface area contributed by atoms with Gasteiger partial charge in [0, 0.05) is 6.42 Å². The number of imide groups is 1. The first-order valence-electron chi connectivity index (χ1n) is 10.9. The number of benzene rings is 2. The molecule has 0 saturated carbocycles. The van der Waals surface area contributed by atoms with Gasteiger partial charge in [-0.25, -0.2) is 0 Å². The molecule has 0 aromatic heterocycles. The molecule has 0 fully saturated rings. The SMILES string of the molecule is CCOc1cc(C(CC(C)=O)N2C(=O)c3cccc(NC(=O)CN(C)C)c3C2=O)ccc1OC. The van der Waals surface area contributed by atoms with Gasteiger partial charge in [-0.2, -0.15) is 0 Å². The first-order valence-corrected chi connectivity index (χ1v) is 10.9. The summed E-state index contributed by atoms with van der Waals surface area (Å²) in [6, 6.07) is 8.96. The van der Waals surface area contributed by atoms with E-state index >= 15 is 0 Å². The van der Waals surface area contributed by atoms with Crippen molar-refractivity contribution in [1.82, 2.24) is 9.80 Å². The second-order valence-electron chi connectivity index (χ2n) is 8.26. The molecule has 1 aliphatic rings. The molecule has 34 heavy (non-hydrogen) atoms. The zero-order valence-electron chi connectivity index (χ0n) is 20.0. The highest BCUT2D eigenvalue weighted by Crippen LogP contribution is 2.39. The molecule has 0 radical (unpaired) electrons. The Morgan fingerprint density at radius 3 is 2.44 bits per heavy atom. The second-order valence-corrected chi connectivity index (χ2v) is 8.26. The van der Waals surface area contributed by atoms with Gasteiger partial charge in [-0.05, 0) is 57.8 Å². The van der Waals surface area contributed by atoms with Gasteiger partial charge in [0.2, 0.25) is 5.91 Å². The predicted molar refractivity (Wildman–Crippen MR) is 126 cm³/mol. The number of ketones is 1. The maximum absolute atomic E-state index is 13.5. The van der Waals surface area contributed by atoms with Crippen LogP contribution in [0.1, 0.15) is 52.6 Å². The molecule has 0 spiro atoms. The predicted octanol–water partition coefficient (Wildman–Crippen LogP) is 2.91. The summed E-state index contributed by atoms with van der Waals surface area (Å²) in [5.74, 6) is -0.641. The van der Waals surface area contributed by atoms with Gasteiger partial charge >= 0.3 is 0 Å². The molecule has 1 N–H and O–H groups in total. The number of fused-ring (bicyclic) bond motifs is 1. The fourth-order valence-corrected chi connectivity index (χ4v) is 3.97. The number of nitrogens with one attached hydrogen (secondary N) is 1. The fraction of sp³-hybridized carbons (Fsp3) is 0.360.